The Kier molecular flexibility index (Phi) is 4.41. The summed E-state index contributed by atoms with van der Waals surface area (Å²) in [4.78, 5) is 12.3. The molecule has 27 heavy (non-hydrogen) atoms. The van der Waals surface area contributed by atoms with Crippen LogP contribution < -0.4 is 5.43 Å². The first-order chi connectivity index (χ1) is 12.8. The molecule has 0 radical (unpaired) electrons. The Bertz CT molecular complexity index is 886. The quantitative estimate of drug-likeness (QED) is 0.627. The zero-order valence-electron chi connectivity index (χ0n) is 16.2. The summed E-state index contributed by atoms with van der Waals surface area (Å²) in [5.41, 5.74) is 4.24. The Morgan fingerprint density at radius 1 is 1.44 bits per heavy atom. The molecule has 2 heterocycles. The van der Waals surface area contributed by atoms with Gasteiger partial charge in [0.15, 0.2) is 16.7 Å². The molecule has 4 rings (SSSR count). The molecule has 144 valence electrons. The number of hydrazone groups is 1. The first-order valence-corrected chi connectivity index (χ1v) is 10.2. The van der Waals surface area contributed by atoms with Crippen molar-refractivity contribution in [3.63, 3.8) is 0 Å². The predicted octanol–water partition coefficient (Wildman–Crippen LogP) is 3.49. The van der Waals surface area contributed by atoms with Crippen LogP contribution in [0, 0.1) is 16.7 Å². The van der Waals surface area contributed by atoms with Crippen LogP contribution in [0.25, 0.3) is 11.6 Å². The number of nitrogens with one attached hydrogen (secondary N) is 1. The first-order valence-electron chi connectivity index (χ1n) is 9.25. The van der Waals surface area contributed by atoms with Crippen LogP contribution in [-0.2, 0) is 11.8 Å². The van der Waals surface area contributed by atoms with Crippen LogP contribution in [0.4, 0.5) is 0 Å². The van der Waals surface area contributed by atoms with Gasteiger partial charge in [0.25, 0.3) is 5.91 Å². The smallest absolute Gasteiger partial charge is 0.250 e. The van der Waals surface area contributed by atoms with E-state index >= 15 is 0 Å². The van der Waals surface area contributed by atoms with Crippen molar-refractivity contribution < 1.29 is 9.21 Å². The average molecular weight is 388 g/mol. The van der Waals surface area contributed by atoms with Crippen molar-refractivity contribution in [1.29, 1.82) is 0 Å². The molecule has 8 heteroatoms. The Labute approximate surface area is 163 Å². The molecule has 2 fully saturated rings. The molecule has 0 saturated heterocycles. The third-order valence-electron chi connectivity index (χ3n) is 6.74. The number of aromatic nitrogens is 3. The lowest BCUT2D eigenvalue weighted by Crippen LogP contribution is -2.34. The summed E-state index contributed by atoms with van der Waals surface area (Å²) in [6, 6.07) is 3.64. The van der Waals surface area contributed by atoms with Gasteiger partial charge in [0.2, 0.25) is 0 Å². The number of rotatable bonds is 5. The summed E-state index contributed by atoms with van der Waals surface area (Å²) in [5, 5.41) is 13.4. The molecular weight excluding hydrogens is 362 g/mol. The highest BCUT2D eigenvalue weighted by atomic mass is 32.2. The Morgan fingerprint density at radius 2 is 2.26 bits per heavy atom. The number of furan rings is 1. The molecule has 7 nitrogen and oxygen atoms in total. The highest BCUT2D eigenvalue weighted by Crippen LogP contribution is 2.63. The summed E-state index contributed by atoms with van der Waals surface area (Å²) < 4.78 is 7.18. The first kappa shape index (κ1) is 18.3. The number of fused-ring (bicyclic) bond motifs is 2. The van der Waals surface area contributed by atoms with E-state index in [0.717, 1.165) is 18.6 Å². The highest BCUT2D eigenvalue weighted by molar-refractivity contribution is 7.99. The minimum Gasteiger partial charge on any atom is -0.461 e. The van der Waals surface area contributed by atoms with E-state index in [4.69, 9.17) is 4.42 Å². The number of nitrogens with zero attached hydrogens (tertiary/aromatic N) is 4. The van der Waals surface area contributed by atoms with Gasteiger partial charge in [-0.1, -0.05) is 32.5 Å². The number of hydrogen-bond acceptors (Lipinski definition) is 6. The number of hydrogen-bond donors (Lipinski definition) is 1. The fourth-order valence-electron chi connectivity index (χ4n) is 4.45. The standard InChI is InChI=1S/C19H25N5O2S/c1-18(2)12-7-8-19(18,3)14(10-12)20-21-15(25)11-27-17-23-22-16(24(17)4)13-6-5-9-26-13/h5-6,9,12H,7-8,10-11H2,1-4H3,(H,21,25)/b20-14-. The van der Waals surface area contributed by atoms with E-state index in [1.54, 1.807) is 12.3 Å². The number of carbonyl (C=O) groups excluding carboxylic acids is 1. The van der Waals surface area contributed by atoms with Crippen LogP contribution in [0.1, 0.15) is 40.0 Å². The van der Waals surface area contributed by atoms with Crippen molar-refractivity contribution in [3.05, 3.63) is 18.4 Å². The van der Waals surface area contributed by atoms with Gasteiger partial charge in [-0.05, 0) is 42.7 Å². The maximum absolute atomic E-state index is 12.3. The van der Waals surface area contributed by atoms with Crippen LogP contribution in [-0.4, -0.2) is 32.1 Å². The van der Waals surface area contributed by atoms with E-state index < -0.39 is 0 Å². The van der Waals surface area contributed by atoms with Crippen molar-refractivity contribution >= 4 is 23.4 Å². The third-order valence-corrected chi connectivity index (χ3v) is 7.76. The van der Waals surface area contributed by atoms with Gasteiger partial charge < -0.3 is 8.98 Å². The molecule has 0 spiro atoms. The van der Waals surface area contributed by atoms with E-state index in [1.165, 1.54) is 18.2 Å². The Balaban J connectivity index is 1.36. The van der Waals surface area contributed by atoms with Crippen molar-refractivity contribution in [2.24, 2.45) is 28.9 Å². The molecule has 2 bridgehead atoms. The second kappa shape index (κ2) is 6.51. The zero-order chi connectivity index (χ0) is 19.2. The van der Waals surface area contributed by atoms with Crippen molar-refractivity contribution in [3.8, 4) is 11.6 Å². The van der Waals surface area contributed by atoms with Gasteiger partial charge in [0.1, 0.15) is 0 Å². The van der Waals surface area contributed by atoms with Crippen molar-refractivity contribution in [2.45, 2.75) is 45.2 Å². The highest BCUT2D eigenvalue weighted by Gasteiger charge is 2.60. The van der Waals surface area contributed by atoms with Gasteiger partial charge >= 0.3 is 0 Å². The summed E-state index contributed by atoms with van der Waals surface area (Å²) in [5.74, 6) is 2.08. The second-order valence-corrected chi connectivity index (χ2v) is 9.16. The lowest BCUT2D eigenvalue weighted by molar-refractivity contribution is -0.118. The number of thioether (sulfide) groups is 1. The van der Waals surface area contributed by atoms with E-state index in [9.17, 15) is 4.79 Å². The SMILES string of the molecule is Cn1c(SCC(=O)N/N=C2/CC3CCC2(C)C3(C)C)nnc1-c1ccco1. The van der Waals surface area contributed by atoms with Gasteiger partial charge in [-0.3, -0.25) is 4.79 Å². The molecule has 1 N–H and O–H groups in total. The van der Waals surface area contributed by atoms with Gasteiger partial charge in [-0.2, -0.15) is 5.10 Å². The maximum atomic E-state index is 12.3. The van der Waals surface area contributed by atoms with Crippen molar-refractivity contribution in [1.82, 2.24) is 20.2 Å². The molecule has 2 atom stereocenters. The minimum atomic E-state index is -0.126. The van der Waals surface area contributed by atoms with Crippen LogP contribution in [0.5, 0.6) is 0 Å². The second-order valence-electron chi connectivity index (χ2n) is 8.22. The molecule has 2 aromatic rings. The third kappa shape index (κ3) is 2.90. The van der Waals surface area contributed by atoms with Crippen LogP contribution in [0.15, 0.2) is 33.1 Å². The fraction of sp³-hybridized carbons (Fsp3) is 0.579. The Hall–Kier alpha value is -2.09. The van der Waals surface area contributed by atoms with Gasteiger partial charge in [-0.25, -0.2) is 5.43 Å². The lowest BCUT2D eigenvalue weighted by atomic mass is 9.70. The monoisotopic (exact) mass is 387 g/mol. The van der Waals surface area contributed by atoms with Crippen LogP contribution in [0.2, 0.25) is 0 Å². The molecule has 0 aliphatic heterocycles. The molecule has 1 amide bonds. The van der Waals surface area contributed by atoms with Gasteiger partial charge in [0.05, 0.1) is 12.0 Å². The van der Waals surface area contributed by atoms with E-state index in [2.05, 4.69) is 41.5 Å². The van der Waals surface area contributed by atoms with E-state index in [-0.39, 0.29) is 22.5 Å². The molecule has 2 aliphatic carbocycles. The molecule has 2 aliphatic rings. The summed E-state index contributed by atoms with van der Waals surface area (Å²) in [6.07, 6.45) is 5.01. The maximum Gasteiger partial charge on any atom is 0.250 e. The predicted molar refractivity (Wildman–Crippen MR) is 104 cm³/mol. The zero-order valence-corrected chi connectivity index (χ0v) is 17.0. The average Bonchev–Trinajstić information content (AvgIpc) is 3.36. The molecule has 2 aromatic heterocycles. The van der Waals surface area contributed by atoms with E-state index in [0.29, 0.717) is 22.7 Å². The topological polar surface area (TPSA) is 85.3 Å². The molecular formula is C19H25N5O2S. The van der Waals surface area contributed by atoms with Crippen molar-refractivity contribution in [2.75, 3.05) is 5.75 Å². The number of amides is 1. The van der Waals surface area contributed by atoms with E-state index in [1.807, 2.05) is 17.7 Å². The van der Waals surface area contributed by atoms with Crippen LogP contribution in [0.3, 0.4) is 0 Å². The Morgan fingerprint density at radius 3 is 2.89 bits per heavy atom. The summed E-state index contributed by atoms with van der Waals surface area (Å²) in [7, 11) is 1.86. The normalized spacial score (nSPS) is 27.4. The number of carbonyl (C=O) groups is 1. The molecule has 0 aromatic carbocycles. The minimum absolute atomic E-state index is 0.0969. The largest absolute Gasteiger partial charge is 0.461 e. The van der Waals surface area contributed by atoms with Crippen LogP contribution >= 0.6 is 11.8 Å². The van der Waals surface area contributed by atoms with Gasteiger partial charge in [0, 0.05) is 18.2 Å². The van der Waals surface area contributed by atoms with Gasteiger partial charge in [-0.15, -0.1) is 10.2 Å². The lowest BCUT2D eigenvalue weighted by Gasteiger charge is -2.34. The summed E-state index contributed by atoms with van der Waals surface area (Å²) in [6.45, 7) is 6.94. The molecule has 2 unspecified atom stereocenters. The molecule has 2 saturated carbocycles. The fourth-order valence-corrected chi connectivity index (χ4v) is 5.15. The summed E-state index contributed by atoms with van der Waals surface area (Å²) >= 11 is 1.34.